The second-order valence-corrected chi connectivity index (χ2v) is 6.62. The van der Waals surface area contributed by atoms with Crippen LogP contribution >= 0.6 is 11.6 Å². The number of rotatable bonds is 6. The summed E-state index contributed by atoms with van der Waals surface area (Å²) < 4.78 is 1.75. The average Bonchev–Trinajstić information content (AvgIpc) is 2.94. The summed E-state index contributed by atoms with van der Waals surface area (Å²) >= 11 is 6.49. The lowest BCUT2D eigenvalue weighted by Gasteiger charge is -2.07. The zero-order valence-electron chi connectivity index (χ0n) is 15.4. The topological polar surface area (TPSA) is 46.9 Å². The molecular formula is C22H22ClN3O. The van der Waals surface area contributed by atoms with Crippen molar-refractivity contribution >= 4 is 29.3 Å². The van der Waals surface area contributed by atoms with Gasteiger partial charge in [0.2, 0.25) is 5.91 Å². The maximum absolute atomic E-state index is 12.3. The van der Waals surface area contributed by atoms with Gasteiger partial charge in [-0.2, -0.15) is 5.10 Å². The Morgan fingerprint density at radius 3 is 2.59 bits per heavy atom. The molecule has 3 aromatic rings. The molecule has 3 rings (SSSR count). The number of anilines is 1. The monoisotopic (exact) mass is 379 g/mol. The van der Waals surface area contributed by atoms with Crippen LogP contribution in [-0.4, -0.2) is 15.7 Å². The van der Waals surface area contributed by atoms with Gasteiger partial charge in [-0.05, 0) is 36.6 Å². The van der Waals surface area contributed by atoms with Gasteiger partial charge in [-0.15, -0.1) is 0 Å². The van der Waals surface area contributed by atoms with Crippen LogP contribution in [-0.2, 0) is 17.8 Å². The van der Waals surface area contributed by atoms with Gasteiger partial charge in [-0.3, -0.25) is 4.79 Å². The van der Waals surface area contributed by atoms with Gasteiger partial charge in [0.05, 0.1) is 12.2 Å². The van der Waals surface area contributed by atoms with Crippen molar-refractivity contribution in [3.63, 3.8) is 0 Å². The highest BCUT2D eigenvalue weighted by Gasteiger charge is 2.12. The minimum atomic E-state index is -0.192. The molecule has 0 atom stereocenters. The van der Waals surface area contributed by atoms with Crippen molar-refractivity contribution in [1.82, 2.24) is 9.78 Å². The largest absolute Gasteiger partial charge is 0.322 e. The number of nitrogens with zero attached hydrogens (tertiary/aromatic N) is 2. The molecule has 0 aliphatic carbocycles. The summed E-state index contributed by atoms with van der Waals surface area (Å²) in [4.78, 5) is 12.3. The van der Waals surface area contributed by atoms with Crippen LogP contribution in [0.5, 0.6) is 0 Å². The SMILES string of the molecule is CCc1ccccc1NC(=O)/C=C/c1c(C)nn(Cc2ccccc2)c1Cl. The first kappa shape index (κ1) is 18.9. The van der Waals surface area contributed by atoms with Crippen LogP contribution in [0.1, 0.15) is 29.3 Å². The summed E-state index contributed by atoms with van der Waals surface area (Å²) in [7, 11) is 0. The lowest BCUT2D eigenvalue weighted by Crippen LogP contribution is -2.09. The molecule has 1 amide bonds. The number of hydrogen-bond acceptors (Lipinski definition) is 2. The number of aromatic nitrogens is 2. The van der Waals surface area contributed by atoms with Gasteiger partial charge in [0, 0.05) is 17.3 Å². The molecule has 0 saturated carbocycles. The van der Waals surface area contributed by atoms with Crippen LogP contribution in [0.3, 0.4) is 0 Å². The second-order valence-electron chi connectivity index (χ2n) is 6.27. The van der Waals surface area contributed by atoms with Gasteiger partial charge in [0.1, 0.15) is 5.15 Å². The van der Waals surface area contributed by atoms with Crippen molar-refractivity contribution in [3.8, 4) is 0 Å². The second kappa shape index (κ2) is 8.69. The summed E-state index contributed by atoms with van der Waals surface area (Å²) in [6.07, 6.45) is 4.07. The van der Waals surface area contributed by atoms with Crippen molar-refractivity contribution in [3.05, 3.63) is 88.2 Å². The normalized spacial score (nSPS) is 11.1. The van der Waals surface area contributed by atoms with E-state index >= 15 is 0 Å². The fraction of sp³-hybridized carbons (Fsp3) is 0.182. The predicted molar refractivity (Wildman–Crippen MR) is 111 cm³/mol. The number of para-hydroxylation sites is 1. The quantitative estimate of drug-likeness (QED) is 0.605. The molecule has 1 heterocycles. The number of amides is 1. The number of nitrogens with one attached hydrogen (secondary N) is 1. The summed E-state index contributed by atoms with van der Waals surface area (Å²) in [6.45, 7) is 4.53. The van der Waals surface area contributed by atoms with E-state index in [9.17, 15) is 4.79 Å². The van der Waals surface area contributed by atoms with E-state index in [4.69, 9.17) is 11.6 Å². The van der Waals surface area contributed by atoms with Gasteiger partial charge in [-0.25, -0.2) is 4.68 Å². The maximum Gasteiger partial charge on any atom is 0.248 e. The Hall–Kier alpha value is -2.85. The highest BCUT2D eigenvalue weighted by atomic mass is 35.5. The molecule has 2 aromatic carbocycles. The van der Waals surface area contributed by atoms with Crippen LogP contribution in [0.4, 0.5) is 5.69 Å². The highest BCUT2D eigenvalue weighted by Crippen LogP contribution is 2.22. The molecule has 0 fully saturated rings. The molecule has 138 valence electrons. The molecule has 1 N–H and O–H groups in total. The molecule has 0 radical (unpaired) electrons. The lowest BCUT2D eigenvalue weighted by atomic mass is 10.1. The number of halogens is 1. The average molecular weight is 380 g/mol. The minimum Gasteiger partial charge on any atom is -0.322 e. The van der Waals surface area contributed by atoms with E-state index in [1.807, 2.05) is 61.5 Å². The van der Waals surface area contributed by atoms with Crippen molar-refractivity contribution in [2.24, 2.45) is 0 Å². The van der Waals surface area contributed by atoms with Crippen LogP contribution in [0, 0.1) is 6.92 Å². The molecule has 0 spiro atoms. The Bertz CT molecular complexity index is 961. The van der Waals surface area contributed by atoms with Gasteiger partial charge in [0.15, 0.2) is 0 Å². The smallest absolute Gasteiger partial charge is 0.248 e. The third kappa shape index (κ3) is 4.66. The first-order valence-corrected chi connectivity index (χ1v) is 9.30. The standard InChI is InChI=1S/C22H22ClN3O/c1-3-18-11-7-8-12-20(18)24-21(27)14-13-19-16(2)25-26(22(19)23)15-17-9-5-4-6-10-17/h4-14H,3,15H2,1-2H3,(H,24,27)/b14-13+. The fourth-order valence-corrected chi connectivity index (χ4v) is 3.20. The van der Waals surface area contributed by atoms with Crippen LogP contribution in [0.25, 0.3) is 6.08 Å². The van der Waals surface area contributed by atoms with E-state index in [1.165, 1.54) is 6.08 Å². The predicted octanol–water partition coefficient (Wildman–Crippen LogP) is 5.11. The van der Waals surface area contributed by atoms with Crippen molar-refractivity contribution in [2.45, 2.75) is 26.8 Å². The van der Waals surface area contributed by atoms with E-state index in [2.05, 4.69) is 17.3 Å². The molecule has 1 aromatic heterocycles. The molecule has 0 aliphatic heterocycles. The molecule has 27 heavy (non-hydrogen) atoms. The molecule has 0 bridgehead atoms. The fourth-order valence-electron chi connectivity index (χ4n) is 2.90. The molecule has 0 aliphatic rings. The van der Waals surface area contributed by atoms with Crippen molar-refractivity contribution in [1.29, 1.82) is 0 Å². The zero-order valence-corrected chi connectivity index (χ0v) is 16.2. The summed E-state index contributed by atoms with van der Waals surface area (Å²) in [5, 5.41) is 7.94. The van der Waals surface area contributed by atoms with E-state index < -0.39 is 0 Å². The van der Waals surface area contributed by atoms with Crippen LogP contribution in [0.2, 0.25) is 5.15 Å². The molecule has 5 heteroatoms. The molecule has 4 nitrogen and oxygen atoms in total. The van der Waals surface area contributed by atoms with E-state index in [-0.39, 0.29) is 5.91 Å². The first-order valence-electron chi connectivity index (χ1n) is 8.92. The van der Waals surface area contributed by atoms with Gasteiger partial charge in [-0.1, -0.05) is 67.1 Å². The third-order valence-corrected chi connectivity index (χ3v) is 4.74. The number of carbonyl (C=O) groups excluding carboxylic acids is 1. The third-order valence-electron chi connectivity index (χ3n) is 4.34. The van der Waals surface area contributed by atoms with E-state index in [0.717, 1.165) is 34.5 Å². The summed E-state index contributed by atoms with van der Waals surface area (Å²) in [6, 6.07) is 17.8. The molecular weight excluding hydrogens is 358 g/mol. The van der Waals surface area contributed by atoms with Crippen molar-refractivity contribution in [2.75, 3.05) is 5.32 Å². The Kier molecular flexibility index (Phi) is 6.09. The first-order chi connectivity index (χ1) is 13.1. The Balaban J connectivity index is 1.74. The maximum atomic E-state index is 12.3. The van der Waals surface area contributed by atoms with Gasteiger partial charge < -0.3 is 5.32 Å². The number of hydrogen-bond donors (Lipinski definition) is 1. The lowest BCUT2D eigenvalue weighted by molar-refractivity contribution is -0.111. The summed E-state index contributed by atoms with van der Waals surface area (Å²) in [5.41, 5.74) is 4.59. The zero-order chi connectivity index (χ0) is 19.2. The van der Waals surface area contributed by atoms with Crippen LogP contribution < -0.4 is 5.32 Å². The van der Waals surface area contributed by atoms with Gasteiger partial charge >= 0.3 is 0 Å². The van der Waals surface area contributed by atoms with Crippen molar-refractivity contribution < 1.29 is 4.79 Å². The summed E-state index contributed by atoms with van der Waals surface area (Å²) in [5.74, 6) is -0.192. The molecule has 0 saturated heterocycles. The number of aryl methyl sites for hydroxylation is 2. The van der Waals surface area contributed by atoms with Crippen LogP contribution in [0.15, 0.2) is 60.7 Å². The number of benzene rings is 2. The Morgan fingerprint density at radius 2 is 1.85 bits per heavy atom. The van der Waals surface area contributed by atoms with E-state index in [0.29, 0.717) is 11.7 Å². The molecule has 0 unspecified atom stereocenters. The minimum absolute atomic E-state index is 0.192. The van der Waals surface area contributed by atoms with E-state index in [1.54, 1.807) is 10.8 Å². The highest BCUT2D eigenvalue weighted by molar-refractivity contribution is 6.31. The Labute approximate surface area is 164 Å². The Morgan fingerprint density at radius 1 is 1.15 bits per heavy atom. The van der Waals surface area contributed by atoms with Gasteiger partial charge in [0.25, 0.3) is 0 Å². The number of carbonyl (C=O) groups is 1.